The Labute approximate surface area is 167 Å². The first kappa shape index (κ1) is 19.2. The van der Waals surface area contributed by atoms with E-state index in [0.29, 0.717) is 36.7 Å². The lowest BCUT2D eigenvalue weighted by molar-refractivity contribution is 0.0944. The Balaban J connectivity index is 1.59. The van der Waals surface area contributed by atoms with Crippen LogP contribution in [0.1, 0.15) is 53.3 Å². The summed E-state index contributed by atoms with van der Waals surface area (Å²) in [4.78, 5) is 28.8. The number of amides is 2. The first-order chi connectivity index (χ1) is 14.1. The van der Waals surface area contributed by atoms with Gasteiger partial charge in [-0.1, -0.05) is 6.07 Å². The molecule has 3 heterocycles. The molecule has 2 atom stereocenters. The average Bonchev–Trinajstić information content (AvgIpc) is 3.36. The van der Waals surface area contributed by atoms with Crippen LogP contribution in [0.5, 0.6) is 0 Å². The van der Waals surface area contributed by atoms with Gasteiger partial charge in [0.15, 0.2) is 5.82 Å². The molecule has 154 valence electrons. The molecule has 2 aliphatic rings. The number of ether oxygens (including phenoxy) is 1. The maximum absolute atomic E-state index is 12.5. The monoisotopic (exact) mass is 400 g/mol. The van der Waals surface area contributed by atoms with Gasteiger partial charge in [0.2, 0.25) is 0 Å². The number of aromatic nitrogens is 3. The third-order valence-electron chi connectivity index (χ3n) is 5.22. The molecule has 10 nitrogen and oxygen atoms in total. The van der Waals surface area contributed by atoms with E-state index >= 15 is 0 Å². The Morgan fingerprint density at radius 3 is 2.86 bits per heavy atom. The number of carbonyl (C=O) groups is 2. The number of H-pyrrole nitrogens is 1. The molecule has 0 radical (unpaired) electrons. The predicted molar refractivity (Wildman–Crippen MR) is 104 cm³/mol. The third kappa shape index (κ3) is 4.48. The van der Waals surface area contributed by atoms with Crippen molar-refractivity contribution in [2.75, 3.05) is 18.4 Å². The molecule has 0 aromatic carbocycles. The van der Waals surface area contributed by atoms with Crippen LogP contribution in [-0.2, 0) is 11.3 Å². The minimum absolute atomic E-state index is 0.117. The third-order valence-corrected chi connectivity index (χ3v) is 5.22. The first-order valence-corrected chi connectivity index (χ1v) is 9.78. The number of carbonyl (C=O) groups excluding carboxylic acids is 2. The molecule has 0 spiro atoms. The molecular formula is C19H24N6O4. The molecule has 2 amide bonds. The second-order valence-electron chi connectivity index (χ2n) is 7.27. The number of nitrogens with one attached hydrogen (secondary N) is 4. The van der Waals surface area contributed by atoms with Gasteiger partial charge in [-0.3, -0.25) is 9.89 Å². The van der Waals surface area contributed by atoms with Crippen molar-refractivity contribution < 1.29 is 19.4 Å². The summed E-state index contributed by atoms with van der Waals surface area (Å²) in [5.74, 6) is 0.896. The summed E-state index contributed by atoms with van der Waals surface area (Å²) in [7, 11) is 0. The van der Waals surface area contributed by atoms with Crippen LogP contribution in [0.25, 0.3) is 0 Å². The number of nitrogens with zero attached hydrogens (tertiary/aromatic N) is 2. The predicted octanol–water partition coefficient (Wildman–Crippen LogP) is 1.54. The number of hydrogen-bond donors (Lipinski definition) is 5. The van der Waals surface area contributed by atoms with E-state index in [1.54, 1.807) is 12.1 Å². The number of hydrogen-bond acceptors (Lipinski definition) is 7. The Morgan fingerprint density at radius 2 is 2.00 bits per heavy atom. The summed E-state index contributed by atoms with van der Waals surface area (Å²) in [6.45, 7) is 0.456. The Kier molecular flexibility index (Phi) is 5.61. The number of pyridine rings is 1. The average molecular weight is 400 g/mol. The van der Waals surface area contributed by atoms with E-state index in [0.717, 1.165) is 25.0 Å². The highest BCUT2D eigenvalue weighted by Gasteiger charge is 2.30. The smallest absolute Gasteiger partial charge is 0.407 e. The highest BCUT2D eigenvalue weighted by Crippen LogP contribution is 2.36. The zero-order valence-electron chi connectivity index (χ0n) is 15.9. The lowest BCUT2D eigenvalue weighted by atomic mass is 10.0. The molecule has 0 saturated heterocycles. The van der Waals surface area contributed by atoms with Crippen LogP contribution in [0.15, 0.2) is 18.2 Å². The molecule has 29 heavy (non-hydrogen) atoms. The molecule has 4 rings (SSSR count). The van der Waals surface area contributed by atoms with Crippen LogP contribution in [0.4, 0.5) is 16.4 Å². The second-order valence-corrected chi connectivity index (χ2v) is 7.27. The van der Waals surface area contributed by atoms with Gasteiger partial charge in [-0.15, -0.1) is 0 Å². The van der Waals surface area contributed by atoms with Gasteiger partial charge >= 0.3 is 6.09 Å². The summed E-state index contributed by atoms with van der Waals surface area (Å²) < 4.78 is 5.49. The topological polar surface area (TPSA) is 141 Å². The molecule has 2 aromatic heterocycles. The maximum atomic E-state index is 12.5. The number of anilines is 2. The van der Waals surface area contributed by atoms with E-state index in [1.807, 2.05) is 6.07 Å². The molecule has 2 aromatic rings. The van der Waals surface area contributed by atoms with Crippen LogP contribution in [0.3, 0.4) is 0 Å². The van der Waals surface area contributed by atoms with Crippen molar-refractivity contribution in [2.45, 2.75) is 44.3 Å². The minimum Gasteiger partial charge on any atom is -0.446 e. The number of alkyl carbamates (subject to hydrolysis) is 1. The molecule has 0 unspecified atom stereocenters. The summed E-state index contributed by atoms with van der Waals surface area (Å²) in [6, 6.07) is 5.26. The largest absolute Gasteiger partial charge is 0.446 e. The second kappa shape index (κ2) is 8.48. The Bertz CT molecular complexity index is 899. The summed E-state index contributed by atoms with van der Waals surface area (Å²) in [6.07, 6.45) is 2.46. The summed E-state index contributed by atoms with van der Waals surface area (Å²) >= 11 is 0. The van der Waals surface area contributed by atoms with Gasteiger partial charge in [0.25, 0.3) is 5.91 Å². The van der Waals surface area contributed by atoms with E-state index in [4.69, 9.17) is 4.74 Å². The number of rotatable bonds is 1. The number of aliphatic hydroxyl groups excluding tert-OH is 1. The molecular weight excluding hydrogens is 376 g/mol. The summed E-state index contributed by atoms with van der Waals surface area (Å²) in [5.41, 5.74) is 1.55. The van der Waals surface area contributed by atoms with Gasteiger partial charge in [0.1, 0.15) is 17.6 Å². The fourth-order valence-corrected chi connectivity index (χ4v) is 3.71. The number of aromatic amines is 1. The van der Waals surface area contributed by atoms with Crippen LogP contribution in [0.2, 0.25) is 0 Å². The van der Waals surface area contributed by atoms with Crippen molar-refractivity contribution >= 4 is 23.6 Å². The highest BCUT2D eigenvalue weighted by molar-refractivity contribution is 5.94. The summed E-state index contributed by atoms with van der Waals surface area (Å²) in [5, 5.41) is 25.4. The van der Waals surface area contributed by atoms with Crippen molar-refractivity contribution in [3.8, 4) is 0 Å². The van der Waals surface area contributed by atoms with Crippen molar-refractivity contribution in [1.82, 2.24) is 25.8 Å². The van der Waals surface area contributed by atoms with Crippen LogP contribution >= 0.6 is 0 Å². The fourth-order valence-electron chi connectivity index (χ4n) is 3.71. The van der Waals surface area contributed by atoms with Gasteiger partial charge in [0, 0.05) is 36.3 Å². The first-order valence-electron chi connectivity index (χ1n) is 9.78. The van der Waals surface area contributed by atoms with Crippen molar-refractivity contribution in [1.29, 1.82) is 0 Å². The molecule has 10 heteroatoms. The lowest BCUT2D eigenvalue weighted by Gasteiger charge is -2.14. The van der Waals surface area contributed by atoms with E-state index in [1.165, 1.54) is 0 Å². The minimum atomic E-state index is -0.438. The Morgan fingerprint density at radius 1 is 1.14 bits per heavy atom. The maximum Gasteiger partial charge on any atom is 0.407 e. The lowest BCUT2D eigenvalue weighted by Crippen LogP contribution is -2.32. The molecule has 1 saturated carbocycles. The van der Waals surface area contributed by atoms with Gasteiger partial charge < -0.3 is 25.8 Å². The molecule has 1 aliphatic carbocycles. The van der Waals surface area contributed by atoms with E-state index < -0.39 is 6.09 Å². The highest BCUT2D eigenvalue weighted by atomic mass is 16.6. The van der Waals surface area contributed by atoms with Gasteiger partial charge in [-0.25, -0.2) is 9.78 Å². The zero-order chi connectivity index (χ0) is 20.2. The molecule has 6 bridgehead atoms. The van der Waals surface area contributed by atoms with Crippen molar-refractivity contribution in [3.63, 3.8) is 0 Å². The number of aliphatic hydroxyl groups is 1. The van der Waals surface area contributed by atoms with Crippen molar-refractivity contribution in [3.05, 3.63) is 35.2 Å². The van der Waals surface area contributed by atoms with Crippen molar-refractivity contribution in [2.24, 2.45) is 0 Å². The molecule has 1 fully saturated rings. The van der Waals surface area contributed by atoms with Gasteiger partial charge in [-0.2, -0.15) is 5.10 Å². The molecule has 1 aliphatic heterocycles. The zero-order valence-corrected chi connectivity index (χ0v) is 15.9. The normalized spacial score (nSPS) is 22.5. The molecule has 5 N–H and O–H groups in total. The van der Waals surface area contributed by atoms with Crippen LogP contribution in [-0.4, -0.2) is 51.5 Å². The number of fused-ring (bicyclic) bond motifs is 7. The van der Waals surface area contributed by atoms with Crippen LogP contribution < -0.4 is 16.0 Å². The van der Waals surface area contributed by atoms with Gasteiger partial charge in [0.05, 0.1) is 6.61 Å². The van der Waals surface area contributed by atoms with Gasteiger partial charge in [-0.05, 0) is 31.7 Å². The van der Waals surface area contributed by atoms with E-state index in [-0.39, 0.29) is 30.2 Å². The standard InChI is InChI=1S/C19H24N6O4/c26-10-12-3-5-15-22-16-9-14(24-25-16)11-2-4-13(8-11)29-19(28)21-7-1-6-20-18(27)17(12)23-15/h3,5,9,11,13,26H,1-2,4,6-8,10H2,(H,20,27)(H,21,28)(H2,22,23,24,25)/t11-,13+/m0/s1. The fraction of sp³-hybridized carbons (Fsp3) is 0.474. The van der Waals surface area contributed by atoms with E-state index in [9.17, 15) is 14.7 Å². The quantitative estimate of drug-likeness (QED) is 0.489. The SMILES string of the molecule is O=C1NCCCNC(=O)c2nc(ccc2CO)Nc2cc([nH]n2)[C@H]2CC[C@H](C2)O1. The Hall–Kier alpha value is -3.14. The van der Waals surface area contributed by atoms with E-state index in [2.05, 4.69) is 31.1 Å². The van der Waals surface area contributed by atoms with Crippen LogP contribution in [0, 0.1) is 0 Å².